The molecule has 2 fully saturated rings. The van der Waals surface area contributed by atoms with E-state index in [2.05, 4.69) is 70.2 Å². The summed E-state index contributed by atoms with van der Waals surface area (Å²) in [5, 5.41) is 4.79. The number of thiophene rings is 1. The number of halogens is 1. The van der Waals surface area contributed by atoms with E-state index in [0.29, 0.717) is 12.2 Å². The van der Waals surface area contributed by atoms with Gasteiger partial charge in [-0.1, -0.05) is 30.3 Å². The lowest BCUT2D eigenvalue weighted by Crippen LogP contribution is -3.00. The number of thioether (sulfide) groups is 1. The van der Waals surface area contributed by atoms with Gasteiger partial charge in [0.2, 0.25) is 5.04 Å². The monoisotopic (exact) mass is 694 g/mol. The number of rotatable bonds is 5. The molecule has 2 saturated heterocycles. The average Bonchev–Trinajstić information content (AvgIpc) is 3.83. The second-order valence-corrected chi connectivity index (χ2v) is 14.7. The van der Waals surface area contributed by atoms with Gasteiger partial charge in [0.1, 0.15) is 24.6 Å². The predicted molar refractivity (Wildman–Crippen MR) is 195 cm³/mol. The number of piperidine rings is 2. The first-order chi connectivity index (χ1) is 23.2. The average molecular weight is 695 g/mol. The van der Waals surface area contributed by atoms with Crippen molar-refractivity contribution in [3.63, 3.8) is 0 Å². The highest BCUT2D eigenvalue weighted by Crippen LogP contribution is 2.42. The van der Waals surface area contributed by atoms with Crippen LogP contribution in [0.5, 0.6) is 11.5 Å². The van der Waals surface area contributed by atoms with Crippen LogP contribution >= 0.6 is 23.1 Å². The number of esters is 1. The van der Waals surface area contributed by atoms with Crippen LogP contribution in [0.3, 0.4) is 0 Å². The second-order valence-electron chi connectivity index (χ2n) is 12.5. The van der Waals surface area contributed by atoms with Crippen LogP contribution < -0.4 is 32.5 Å². The van der Waals surface area contributed by atoms with Gasteiger partial charge in [0.15, 0.2) is 0 Å². The largest absolute Gasteiger partial charge is 1.00 e. The number of nitrogens with zero attached hydrogens (tertiary/aromatic N) is 2. The number of benzene rings is 3. The Balaban J connectivity index is 0.00000364. The van der Waals surface area contributed by atoms with Crippen LogP contribution in [0.15, 0.2) is 84.9 Å². The van der Waals surface area contributed by atoms with Gasteiger partial charge in [0.25, 0.3) is 0 Å². The number of hydrogen-bond donors (Lipinski definition) is 0. The zero-order chi connectivity index (χ0) is 31.7. The fourth-order valence-electron chi connectivity index (χ4n) is 7.11. The summed E-state index contributed by atoms with van der Waals surface area (Å²) < 4.78 is 14.8. The molecule has 5 heterocycles. The molecule has 0 atom stereocenters. The molecule has 0 unspecified atom stereocenters. The van der Waals surface area contributed by atoms with Gasteiger partial charge in [-0.25, -0.2) is 9.37 Å². The first kappa shape index (κ1) is 32.8. The molecule has 246 valence electrons. The third-order valence-electron chi connectivity index (χ3n) is 9.50. The smallest absolute Gasteiger partial charge is 0.338 e. The molecule has 0 N–H and O–H groups in total. The van der Waals surface area contributed by atoms with Crippen LogP contribution in [-0.2, 0) is 4.74 Å². The predicted octanol–water partition coefficient (Wildman–Crippen LogP) is 4.95. The number of hydrogen-bond acceptors (Lipinski definition) is 6. The summed E-state index contributed by atoms with van der Waals surface area (Å²) >= 11 is 3.70. The molecule has 4 aliphatic rings. The van der Waals surface area contributed by atoms with Crippen LogP contribution in [-0.4, -0.2) is 48.4 Å². The molecule has 0 aliphatic carbocycles. The van der Waals surface area contributed by atoms with E-state index in [0.717, 1.165) is 70.4 Å². The number of carbonyl (C=O) groups is 1. The highest BCUT2D eigenvalue weighted by molar-refractivity contribution is 8.22. The Morgan fingerprint density at radius 3 is 2.50 bits per heavy atom. The van der Waals surface area contributed by atoms with Gasteiger partial charge in [0.05, 0.1) is 17.2 Å². The van der Waals surface area contributed by atoms with Crippen molar-refractivity contribution < 1.29 is 31.3 Å². The molecule has 4 aliphatic heterocycles. The van der Waals surface area contributed by atoms with E-state index in [4.69, 9.17) is 9.47 Å². The molecule has 0 saturated carbocycles. The molecule has 4 aromatic rings. The number of carbonyl (C=O) groups excluding carboxylic acids is 1. The molecule has 5 nitrogen and oxygen atoms in total. The quantitative estimate of drug-likeness (QED) is 0.193. The topological polar surface area (TPSA) is 41.8 Å². The SMILES string of the molecule is CCOC(=O)c1ccccc1C1=c2cc/c(=C3/C=CC(=[N+]4CCCCC4)S3)cc2Oc2cc(-c3ccc(N4CCCCC4)s3)ccc21.[Cl-]. The van der Waals surface area contributed by atoms with Crippen molar-refractivity contribution in [3.8, 4) is 21.9 Å². The van der Waals surface area contributed by atoms with Crippen molar-refractivity contribution in [1.82, 2.24) is 0 Å². The fraction of sp³-hybridized carbons (Fsp3) is 0.300. The van der Waals surface area contributed by atoms with Crippen molar-refractivity contribution in [1.29, 1.82) is 0 Å². The molecular weight excluding hydrogens is 656 g/mol. The highest BCUT2D eigenvalue weighted by Gasteiger charge is 2.26. The van der Waals surface area contributed by atoms with Crippen molar-refractivity contribution >= 4 is 49.6 Å². The van der Waals surface area contributed by atoms with Gasteiger partial charge in [0, 0.05) is 58.1 Å². The van der Waals surface area contributed by atoms with Crippen LogP contribution in [0.1, 0.15) is 66.9 Å². The first-order valence-electron chi connectivity index (χ1n) is 17.0. The van der Waals surface area contributed by atoms with E-state index in [9.17, 15) is 4.79 Å². The molecule has 0 bridgehead atoms. The molecule has 0 amide bonds. The molecule has 8 rings (SSSR count). The van der Waals surface area contributed by atoms with Gasteiger partial charge >= 0.3 is 5.97 Å². The van der Waals surface area contributed by atoms with Gasteiger partial charge in [-0.2, -0.15) is 0 Å². The zero-order valence-electron chi connectivity index (χ0n) is 27.2. The number of ether oxygens (including phenoxy) is 2. The Morgan fingerprint density at radius 1 is 0.854 bits per heavy atom. The van der Waals surface area contributed by atoms with Crippen LogP contribution in [0.4, 0.5) is 5.00 Å². The summed E-state index contributed by atoms with van der Waals surface area (Å²) in [6.45, 7) is 6.70. The normalized spacial score (nSPS) is 18.2. The van der Waals surface area contributed by atoms with Crippen molar-refractivity contribution in [2.75, 3.05) is 37.7 Å². The molecule has 1 aromatic heterocycles. The van der Waals surface area contributed by atoms with E-state index < -0.39 is 0 Å². The lowest BCUT2D eigenvalue weighted by molar-refractivity contribution is -0.534. The molecular formula is C40H39ClN2O3S2. The maximum atomic E-state index is 13.2. The molecule has 0 spiro atoms. The third-order valence-corrected chi connectivity index (χ3v) is 11.9. The van der Waals surface area contributed by atoms with Crippen molar-refractivity contribution in [3.05, 3.63) is 112 Å². The zero-order valence-corrected chi connectivity index (χ0v) is 29.6. The molecule has 48 heavy (non-hydrogen) atoms. The Kier molecular flexibility index (Phi) is 9.81. The number of anilines is 1. The minimum Gasteiger partial charge on any atom is -1.00 e. The fourth-order valence-corrected chi connectivity index (χ4v) is 9.22. The Morgan fingerprint density at radius 2 is 1.67 bits per heavy atom. The lowest BCUT2D eigenvalue weighted by atomic mass is 9.89. The van der Waals surface area contributed by atoms with E-state index >= 15 is 0 Å². The maximum Gasteiger partial charge on any atom is 0.338 e. The second kappa shape index (κ2) is 14.4. The van der Waals surface area contributed by atoms with Gasteiger partial charge in [-0.15, -0.1) is 11.3 Å². The third kappa shape index (κ3) is 6.36. The highest BCUT2D eigenvalue weighted by atomic mass is 35.5. The molecule has 0 radical (unpaired) electrons. The Hall–Kier alpha value is -3.78. The summed E-state index contributed by atoms with van der Waals surface area (Å²) in [5.74, 6) is 1.29. The molecule has 3 aromatic carbocycles. The van der Waals surface area contributed by atoms with E-state index in [1.54, 1.807) is 0 Å². The Labute approximate surface area is 296 Å². The summed E-state index contributed by atoms with van der Waals surface area (Å²) in [7, 11) is 0. The summed E-state index contributed by atoms with van der Waals surface area (Å²) in [6.07, 6.45) is 12.2. The van der Waals surface area contributed by atoms with Crippen LogP contribution in [0.2, 0.25) is 0 Å². The van der Waals surface area contributed by atoms with Crippen LogP contribution in [0, 0.1) is 0 Å². The van der Waals surface area contributed by atoms with Gasteiger partial charge in [-0.3, -0.25) is 0 Å². The van der Waals surface area contributed by atoms with E-state index in [-0.39, 0.29) is 18.4 Å². The van der Waals surface area contributed by atoms with Crippen molar-refractivity contribution in [2.45, 2.75) is 45.4 Å². The minimum atomic E-state index is -0.314. The first-order valence-corrected chi connectivity index (χ1v) is 18.6. The minimum absolute atomic E-state index is 0. The lowest BCUT2D eigenvalue weighted by Gasteiger charge is -2.27. The summed E-state index contributed by atoms with van der Waals surface area (Å²) in [6, 6.07) is 25.3. The maximum absolute atomic E-state index is 13.2. The van der Waals surface area contributed by atoms with E-state index in [1.165, 1.54) is 58.4 Å². The Bertz CT molecular complexity index is 2050. The standard InChI is InChI=1S/C40H39N2O3S2.ClH/c1-2-44-40(43)30-12-6-5-11-29(30)39-31-15-13-27(35-17-19-37(46-35)41-21-7-3-8-22-41)25-33(31)45-34-26-28(14-16-32(34)39)36-18-20-38(47-36)42-23-9-4-10-24-42;/h5-6,11-20,25-26H,2-4,7-10,21-24H2,1H3;1H/q+1;/p-1. The summed E-state index contributed by atoms with van der Waals surface area (Å²) in [5.41, 5.74) is 4.51. The van der Waals surface area contributed by atoms with Gasteiger partial charge in [-0.05, 0) is 109 Å². The number of fused-ring (bicyclic) bond motifs is 2. The van der Waals surface area contributed by atoms with Crippen molar-refractivity contribution in [2.24, 2.45) is 0 Å². The van der Waals surface area contributed by atoms with E-state index in [1.807, 2.05) is 54.3 Å². The van der Waals surface area contributed by atoms with Gasteiger partial charge < -0.3 is 26.8 Å². The molecule has 8 heteroatoms. The summed E-state index contributed by atoms with van der Waals surface area (Å²) in [4.78, 5) is 18.2. The van der Waals surface area contributed by atoms with Crippen LogP contribution in [0.25, 0.3) is 20.9 Å².